The molecular weight excluding hydrogens is 288 g/mol. The fourth-order valence-corrected chi connectivity index (χ4v) is 3.36. The molecule has 7 nitrogen and oxygen atoms in total. The normalized spacial score (nSPS) is 27.5. The minimum Gasteiger partial charge on any atom is -0.481 e. The number of amides is 1. The zero-order chi connectivity index (χ0) is 15.9. The molecule has 0 unspecified atom stereocenters. The Hall–Kier alpha value is -2.15. The molecule has 2 saturated heterocycles. The molecule has 7 heteroatoms. The third-order valence-electron chi connectivity index (χ3n) is 4.75. The van der Waals surface area contributed by atoms with Crippen LogP contribution in [-0.2, 0) is 16.6 Å². The molecule has 118 valence electrons. The average molecular weight is 306 g/mol. The summed E-state index contributed by atoms with van der Waals surface area (Å²) in [5, 5.41) is 9.61. The summed E-state index contributed by atoms with van der Waals surface area (Å²) >= 11 is 0. The number of carboxylic acids is 1. The molecule has 22 heavy (non-hydrogen) atoms. The van der Waals surface area contributed by atoms with Crippen LogP contribution < -0.4 is 5.56 Å². The van der Waals surface area contributed by atoms with Gasteiger partial charge in [-0.15, -0.1) is 0 Å². The van der Waals surface area contributed by atoms with Crippen molar-refractivity contribution in [3.63, 3.8) is 0 Å². The van der Waals surface area contributed by atoms with Gasteiger partial charge in [0.15, 0.2) is 0 Å². The van der Waals surface area contributed by atoms with E-state index in [2.05, 4.69) is 0 Å². The van der Waals surface area contributed by atoms with Gasteiger partial charge in [0, 0.05) is 44.9 Å². The molecule has 3 rings (SSSR count). The average Bonchev–Trinajstić information content (AvgIpc) is 2.90. The first-order chi connectivity index (χ1) is 10.4. The first-order valence-electron chi connectivity index (χ1n) is 7.21. The van der Waals surface area contributed by atoms with Crippen molar-refractivity contribution in [1.82, 2.24) is 9.47 Å². The molecule has 0 bridgehead atoms. The Bertz CT molecular complexity index is 683. The van der Waals surface area contributed by atoms with E-state index in [1.165, 1.54) is 22.9 Å². The molecule has 1 N–H and O–H groups in total. The van der Waals surface area contributed by atoms with Crippen LogP contribution in [0.4, 0.5) is 0 Å². The maximum Gasteiger partial charge on any atom is 0.311 e. The van der Waals surface area contributed by atoms with Gasteiger partial charge < -0.3 is 19.3 Å². The summed E-state index contributed by atoms with van der Waals surface area (Å²) in [5.41, 5.74) is -0.710. The highest BCUT2D eigenvalue weighted by Gasteiger charge is 2.54. The van der Waals surface area contributed by atoms with E-state index < -0.39 is 11.4 Å². The monoisotopic (exact) mass is 306 g/mol. The first-order valence-corrected chi connectivity index (χ1v) is 7.21. The fraction of sp³-hybridized carbons (Fsp3) is 0.533. The number of fused-ring (bicyclic) bond motifs is 1. The lowest BCUT2D eigenvalue weighted by Gasteiger charge is -2.33. The summed E-state index contributed by atoms with van der Waals surface area (Å²) in [6.07, 6.45) is 1.90. The molecule has 0 aromatic carbocycles. The molecule has 3 heterocycles. The highest BCUT2D eigenvalue weighted by atomic mass is 16.5. The number of aromatic nitrogens is 1. The van der Waals surface area contributed by atoms with Gasteiger partial charge in [0.25, 0.3) is 5.91 Å². The lowest BCUT2D eigenvalue weighted by Crippen LogP contribution is -2.45. The molecule has 2 aliphatic rings. The van der Waals surface area contributed by atoms with E-state index in [1.807, 2.05) is 0 Å². The zero-order valence-electron chi connectivity index (χ0n) is 12.3. The molecule has 1 amide bonds. The summed E-state index contributed by atoms with van der Waals surface area (Å²) in [6.45, 7) is 1.33. The number of hydrogen-bond donors (Lipinski definition) is 1. The van der Waals surface area contributed by atoms with Crippen molar-refractivity contribution in [3.8, 4) is 0 Å². The van der Waals surface area contributed by atoms with E-state index in [-0.39, 0.29) is 23.9 Å². The highest BCUT2D eigenvalue weighted by Crippen LogP contribution is 2.42. The molecule has 1 aromatic rings. The number of hydrogen-bond acceptors (Lipinski definition) is 4. The lowest BCUT2D eigenvalue weighted by molar-refractivity contribution is -0.157. The molecule has 2 fully saturated rings. The van der Waals surface area contributed by atoms with E-state index in [0.717, 1.165) is 0 Å². The van der Waals surface area contributed by atoms with Crippen molar-refractivity contribution < 1.29 is 19.4 Å². The van der Waals surface area contributed by atoms with Crippen molar-refractivity contribution in [3.05, 3.63) is 34.2 Å². The Morgan fingerprint density at radius 1 is 1.41 bits per heavy atom. The van der Waals surface area contributed by atoms with Crippen LogP contribution in [0.5, 0.6) is 0 Å². The maximum absolute atomic E-state index is 12.6. The minimum atomic E-state index is -0.908. The van der Waals surface area contributed by atoms with Gasteiger partial charge in [0.1, 0.15) is 0 Å². The highest BCUT2D eigenvalue weighted by molar-refractivity contribution is 5.94. The molecular formula is C15H18N2O5. The second kappa shape index (κ2) is 5.24. The molecule has 0 aliphatic carbocycles. The van der Waals surface area contributed by atoms with Crippen LogP contribution in [0.2, 0.25) is 0 Å². The Morgan fingerprint density at radius 2 is 2.18 bits per heavy atom. The Balaban J connectivity index is 1.87. The van der Waals surface area contributed by atoms with E-state index in [1.54, 1.807) is 11.9 Å². The summed E-state index contributed by atoms with van der Waals surface area (Å²) in [7, 11) is 1.58. The second-order valence-electron chi connectivity index (χ2n) is 6.04. The number of carbonyl (C=O) groups excluding carboxylic acids is 1. The Kier molecular flexibility index (Phi) is 3.52. The number of nitrogens with zero attached hydrogens (tertiary/aromatic N) is 2. The van der Waals surface area contributed by atoms with Gasteiger partial charge in [-0.2, -0.15) is 0 Å². The van der Waals surface area contributed by atoms with Gasteiger partial charge in [-0.3, -0.25) is 14.4 Å². The quantitative estimate of drug-likeness (QED) is 0.827. The van der Waals surface area contributed by atoms with E-state index in [9.17, 15) is 19.5 Å². The number of aryl methyl sites for hydroxylation is 1. The van der Waals surface area contributed by atoms with Crippen molar-refractivity contribution >= 4 is 11.9 Å². The molecule has 1 aromatic heterocycles. The zero-order valence-corrected chi connectivity index (χ0v) is 12.3. The maximum atomic E-state index is 12.6. The summed E-state index contributed by atoms with van der Waals surface area (Å²) in [6, 6.07) is 2.82. The predicted molar refractivity (Wildman–Crippen MR) is 76.6 cm³/mol. The first kappa shape index (κ1) is 14.8. The van der Waals surface area contributed by atoms with Gasteiger partial charge >= 0.3 is 5.97 Å². The predicted octanol–water partition coefficient (Wildman–Crippen LogP) is -0.0514. The summed E-state index contributed by atoms with van der Waals surface area (Å²) in [5.74, 6) is -1.29. The molecule has 0 radical (unpaired) electrons. The lowest BCUT2D eigenvalue weighted by atomic mass is 9.74. The van der Waals surface area contributed by atoms with Gasteiger partial charge in [0.2, 0.25) is 5.56 Å². The third-order valence-corrected chi connectivity index (χ3v) is 4.75. The topological polar surface area (TPSA) is 88.8 Å². The SMILES string of the molecule is Cn1cc(C(=O)N2C[C@H]3COCC[C@@]3(C(=O)O)C2)ccc1=O. The van der Waals surface area contributed by atoms with Crippen LogP contribution in [0, 0.1) is 11.3 Å². The molecule has 0 saturated carbocycles. The van der Waals surface area contributed by atoms with Crippen LogP contribution in [-0.4, -0.2) is 52.8 Å². The van der Waals surface area contributed by atoms with E-state index in [4.69, 9.17) is 4.74 Å². The minimum absolute atomic E-state index is 0.185. The van der Waals surface area contributed by atoms with Crippen LogP contribution in [0.3, 0.4) is 0 Å². The fourth-order valence-electron chi connectivity index (χ4n) is 3.36. The van der Waals surface area contributed by atoms with Crippen LogP contribution >= 0.6 is 0 Å². The van der Waals surface area contributed by atoms with Gasteiger partial charge in [-0.25, -0.2) is 0 Å². The second-order valence-corrected chi connectivity index (χ2v) is 6.04. The molecule has 2 aliphatic heterocycles. The Labute approximate surface area is 127 Å². The smallest absolute Gasteiger partial charge is 0.311 e. The number of pyridine rings is 1. The van der Waals surface area contributed by atoms with Gasteiger partial charge in [0.05, 0.1) is 17.6 Å². The van der Waals surface area contributed by atoms with Crippen molar-refractivity contribution in [2.45, 2.75) is 6.42 Å². The number of aliphatic carboxylic acids is 1. The molecule has 2 atom stereocenters. The third kappa shape index (κ3) is 2.21. The number of ether oxygens (including phenoxy) is 1. The van der Waals surface area contributed by atoms with E-state index in [0.29, 0.717) is 31.7 Å². The largest absolute Gasteiger partial charge is 0.481 e. The molecule has 0 spiro atoms. The standard InChI is InChI=1S/C15H18N2O5/c1-16-6-10(2-3-12(16)18)13(19)17-7-11-8-22-5-4-15(11,9-17)14(20)21/h2-3,6,11H,4-5,7-9H2,1H3,(H,20,21)/t11-,15+/m0/s1. The number of rotatable bonds is 2. The number of likely N-dealkylation sites (tertiary alicyclic amines) is 1. The van der Waals surface area contributed by atoms with Crippen LogP contribution in [0.25, 0.3) is 0 Å². The van der Waals surface area contributed by atoms with E-state index >= 15 is 0 Å². The van der Waals surface area contributed by atoms with Crippen molar-refractivity contribution in [1.29, 1.82) is 0 Å². The van der Waals surface area contributed by atoms with Crippen molar-refractivity contribution in [2.24, 2.45) is 18.4 Å². The number of carboxylic acid groups (broad SMARTS) is 1. The Morgan fingerprint density at radius 3 is 2.82 bits per heavy atom. The number of carbonyl (C=O) groups is 2. The van der Waals surface area contributed by atoms with Crippen molar-refractivity contribution in [2.75, 3.05) is 26.3 Å². The summed E-state index contributed by atoms with van der Waals surface area (Å²) < 4.78 is 6.72. The van der Waals surface area contributed by atoms with Crippen LogP contribution in [0.1, 0.15) is 16.8 Å². The summed E-state index contributed by atoms with van der Waals surface area (Å²) in [4.78, 5) is 37.3. The van der Waals surface area contributed by atoms with Crippen LogP contribution in [0.15, 0.2) is 23.1 Å². The van der Waals surface area contributed by atoms with Gasteiger partial charge in [-0.05, 0) is 12.5 Å². The van der Waals surface area contributed by atoms with Gasteiger partial charge in [-0.1, -0.05) is 0 Å².